The zero-order valence-corrected chi connectivity index (χ0v) is 19.9. The van der Waals surface area contributed by atoms with Crippen LogP contribution in [0.2, 0.25) is 10.0 Å². The van der Waals surface area contributed by atoms with Gasteiger partial charge in [0, 0.05) is 16.6 Å². The van der Waals surface area contributed by atoms with Crippen LogP contribution in [0.3, 0.4) is 0 Å². The van der Waals surface area contributed by atoms with E-state index in [1.807, 2.05) is 24.3 Å². The van der Waals surface area contributed by atoms with Crippen molar-refractivity contribution >= 4 is 45.8 Å². The summed E-state index contributed by atoms with van der Waals surface area (Å²) >= 11 is 12.2. The molecule has 1 aliphatic rings. The molecular formula is C26H23Cl2FN4O. The smallest absolute Gasteiger partial charge is 0.227 e. The van der Waals surface area contributed by atoms with Crippen molar-refractivity contribution < 1.29 is 9.18 Å². The number of rotatable bonds is 5. The van der Waals surface area contributed by atoms with Crippen LogP contribution in [0.4, 0.5) is 10.1 Å². The van der Waals surface area contributed by atoms with Gasteiger partial charge in [0.1, 0.15) is 11.6 Å². The summed E-state index contributed by atoms with van der Waals surface area (Å²) in [7, 11) is 0. The number of nitrogens with one attached hydrogen (secondary N) is 1. The molecule has 1 fully saturated rings. The van der Waals surface area contributed by atoms with Gasteiger partial charge in [-0.25, -0.2) is 9.37 Å². The third-order valence-electron chi connectivity index (χ3n) is 6.22. The van der Waals surface area contributed by atoms with Crippen LogP contribution in [0.5, 0.6) is 0 Å². The molecule has 1 amide bonds. The normalized spacial score (nSPS) is 15.0. The predicted molar refractivity (Wildman–Crippen MR) is 134 cm³/mol. The van der Waals surface area contributed by atoms with Crippen molar-refractivity contribution in [1.82, 2.24) is 14.5 Å². The van der Waals surface area contributed by atoms with Gasteiger partial charge in [0.15, 0.2) is 0 Å². The summed E-state index contributed by atoms with van der Waals surface area (Å²) in [6.45, 7) is 2.18. The van der Waals surface area contributed by atoms with Crippen LogP contribution in [0.25, 0.3) is 16.7 Å². The lowest BCUT2D eigenvalue weighted by atomic mass is 9.96. The number of hydrogen-bond acceptors (Lipinski definition) is 3. The third-order valence-corrected chi connectivity index (χ3v) is 6.79. The maximum Gasteiger partial charge on any atom is 0.227 e. The summed E-state index contributed by atoms with van der Waals surface area (Å²) in [5.74, 6) is 0.486. The molecule has 5 rings (SSSR count). The van der Waals surface area contributed by atoms with Gasteiger partial charge in [0.05, 0.1) is 28.3 Å². The van der Waals surface area contributed by atoms with Crippen molar-refractivity contribution in [2.75, 3.05) is 18.4 Å². The molecule has 1 aromatic heterocycles. The minimum atomic E-state index is -0.269. The minimum absolute atomic E-state index is 0.0395. The molecule has 0 radical (unpaired) electrons. The maximum absolute atomic E-state index is 13.5. The summed E-state index contributed by atoms with van der Waals surface area (Å²) in [4.78, 5) is 20.0. The summed E-state index contributed by atoms with van der Waals surface area (Å²) in [5, 5.41) is 3.91. The first-order valence-electron chi connectivity index (χ1n) is 11.2. The van der Waals surface area contributed by atoms with Gasteiger partial charge in [-0.2, -0.15) is 0 Å². The fourth-order valence-corrected chi connectivity index (χ4v) is 4.78. The Bertz CT molecular complexity index is 1330. The highest BCUT2D eigenvalue weighted by molar-refractivity contribution is 6.35. The molecule has 1 aliphatic heterocycles. The second kappa shape index (κ2) is 9.74. The highest BCUT2D eigenvalue weighted by Crippen LogP contribution is 2.28. The number of piperidine rings is 1. The van der Waals surface area contributed by atoms with E-state index in [-0.39, 0.29) is 17.6 Å². The molecule has 1 saturated heterocycles. The topological polar surface area (TPSA) is 50.2 Å². The van der Waals surface area contributed by atoms with Gasteiger partial charge in [-0.3, -0.25) is 14.3 Å². The number of carbonyl (C=O) groups excluding carboxylic acids is 1. The van der Waals surface area contributed by atoms with E-state index < -0.39 is 0 Å². The van der Waals surface area contributed by atoms with Crippen LogP contribution in [0.15, 0.2) is 66.7 Å². The van der Waals surface area contributed by atoms with Gasteiger partial charge in [-0.05, 0) is 80.5 Å². The van der Waals surface area contributed by atoms with Crippen molar-refractivity contribution in [3.8, 4) is 5.69 Å². The molecule has 2 heterocycles. The molecule has 0 spiro atoms. The van der Waals surface area contributed by atoms with Gasteiger partial charge in [-0.15, -0.1) is 0 Å². The van der Waals surface area contributed by atoms with Crippen LogP contribution in [-0.4, -0.2) is 33.4 Å². The lowest BCUT2D eigenvalue weighted by molar-refractivity contribution is -0.121. The molecule has 4 aromatic rings. The number of benzene rings is 3. The highest BCUT2D eigenvalue weighted by atomic mass is 35.5. The number of likely N-dealkylation sites (tertiary alicyclic amines) is 1. The molecule has 0 bridgehead atoms. The number of nitrogens with zero attached hydrogens (tertiary/aromatic N) is 3. The lowest BCUT2D eigenvalue weighted by Crippen LogP contribution is -2.38. The average molecular weight is 497 g/mol. The predicted octanol–water partition coefficient (Wildman–Crippen LogP) is 6.32. The highest BCUT2D eigenvalue weighted by Gasteiger charge is 2.26. The molecule has 3 aromatic carbocycles. The van der Waals surface area contributed by atoms with Crippen molar-refractivity contribution in [2.45, 2.75) is 19.4 Å². The number of imidazole rings is 1. The Balaban J connectivity index is 1.29. The molecule has 0 unspecified atom stereocenters. The second-order valence-electron chi connectivity index (χ2n) is 8.49. The molecule has 1 N–H and O–H groups in total. The number of amides is 1. The first-order chi connectivity index (χ1) is 16.5. The number of hydrogen-bond donors (Lipinski definition) is 1. The van der Waals surface area contributed by atoms with Crippen LogP contribution in [0, 0.1) is 11.7 Å². The molecule has 174 valence electrons. The number of carbonyl (C=O) groups is 1. The summed E-state index contributed by atoms with van der Waals surface area (Å²) < 4.78 is 15.6. The van der Waals surface area contributed by atoms with Crippen molar-refractivity contribution in [3.63, 3.8) is 0 Å². The number of halogens is 3. The molecule has 0 saturated carbocycles. The lowest BCUT2D eigenvalue weighted by Gasteiger charge is -2.31. The van der Waals surface area contributed by atoms with Crippen molar-refractivity contribution in [1.29, 1.82) is 0 Å². The first kappa shape index (κ1) is 22.8. The first-order valence-corrected chi connectivity index (χ1v) is 11.9. The average Bonchev–Trinajstić information content (AvgIpc) is 3.20. The molecule has 8 heteroatoms. The minimum Gasteiger partial charge on any atom is -0.324 e. The van der Waals surface area contributed by atoms with Crippen LogP contribution in [-0.2, 0) is 11.3 Å². The third kappa shape index (κ3) is 4.80. The SMILES string of the molecule is O=C(Nc1cc(Cl)ccc1Cl)C1CCN(Cc2nc3ccccc3n2-c2ccc(F)cc2)CC1. The van der Waals surface area contributed by atoms with E-state index in [1.54, 1.807) is 30.3 Å². The Kier molecular flexibility index (Phi) is 6.55. The van der Waals surface area contributed by atoms with E-state index in [0.29, 0.717) is 22.3 Å². The van der Waals surface area contributed by atoms with Gasteiger partial charge < -0.3 is 5.32 Å². The Morgan fingerprint density at radius 2 is 1.76 bits per heavy atom. The number of aromatic nitrogens is 2. The van der Waals surface area contributed by atoms with E-state index in [9.17, 15) is 9.18 Å². The van der Waals surface area contributed by atoms with Gasteiger partial charge in [0.2, 0.25) is 5.91 Å². The monoisotopic (exact) mass is 496 g/mol. The van der Waals surface area contributed by atoms with E-state index in [0.717, 1.165) is 48.5 Å². The quantitative estimate of drug-likeness (QED) is 0.351. The molecule has 5 nitrogen and oxygen atoms in total. The Morgan fingerprint density at radius 3 is 2.53 bits per heavy atom. The second-order valence-corrected chi connectivity index (χ2v) is 9.34. The van der Waals surface area contributed by atoms with E-state index in [1.165, 1.54) is 12.1 Å². The van der Waals surface area contributed by atoms with Crippen LogP contribution < -0.4 is 5.32 Å². The standard InChI is InChI=1S/C26H23Cl2FN4O/c27-18-5-10-21(28)23(15-18)31-26(34)17-11-13-32(14-12-17)16-25-30-22-3-1-2-4-24(22)33(25)20-8-6-19(29)7-9-20/h1-10,15,17H,11-14,16H2,(H,31,34). The summed E-state index contributed by atoms with van der Waals surface area (Å²) in [6, 6.07) is 19.4. The Hall–Kier alpha value is -2.93. The maximum atomic E-state index is 13.5. The van der Waals surface area contributed by atoms with Crippen LogP contribution >= 0.6 is 23.2 Å². The van der Waals surface area contributed by atoms with E-state index in [2.05, 4.69) is 14.8 Å². The van der Waals surface area contributed by atoms with Gasteiger partial charge in [0.25, 0.3) is 0 Å². The number of para-hydroxylation sites is 2. The fraction of sp³-hybridized carbons (Fsp3) is 0.231. The molecular weight excluding hydrogens is 474 g/mol. The largest absolute Gasteiger partial charge is 0.324 e. The Morgan fingerprint density at radius 1 is 1.03 bits per heavy atom. The zero-order valence-electron chi connectivity index (χ0n) is 18.3. The molecule has 0 atom stereocenters. The molecule has 0 aliphatic carbocycles. The Labute approximate surface area is 207 Å². The van der Waals surface area contributed by atoms with E-state index >= 15 is 0 Å². The van der Waals surface area contributed by atoms with E-state index in [4.69, 9.17) is 28.2 Å². The zero-order chi connectivity index (χ0) is 23.7. The van der Waals surface area contributed by atoms with Crippen molar-refractivity contribution in [3.05, 3.63) is 88.4 Å². The summed E-state index contributed by atoms with van der Waals surface area (Å²) in [6.07, 6.45) is 1.47. The summed E-state index contributed by atoms with van der Waals surface area (Å²) in [5.41, 5.74) is 3.29. The fourth-order valence-electron chi connectivity index (χ4n) is 4.44. The number of anilines is 1. The van der Waals surface area contributed by atoms with Crippen LogP contribution in [0.1, 0.15) is 18.7 Å². The van der Waals surface area contributed by atoms with Gasteiger partial charge >= 0.3 is 0 Å². The van der Waals surface area contributed by atoms with Gasteiger partial charge in [-0.1, -0.05) is 35.3 Å². The van der Waals surface area contributed by atoms with Crippen molar-refractivity contribution in [2.24, 2.45) is 5.92 Å². The number of fused-ring (bicyclic) bond motifs is 1. The molecule has 34 heavy (non-hydrogen) atoms.